The molecule has 11 aromatic rings. The lowest BCUT2D eigenvalue weighted by molar-refractivity contribution is 0.669. The zero-order valence-corrected chi connectivity index (χ0v) is 28.2. The van der Waals surface area contributed by atoms with Gasteiger partial charge in [0.1, 0.15) is 11.2 Å². The molecule has 0 radical (unpaired) electrons. The van der Waals surface area contributed by atoms with Gasteiger partial charge in [0.05, 0.1) is 16.6 Å². The third-order valence-corrected chi connectivity index (χ3v) is 10.2. The van der Waals surface area contributed by atoms with Crippen molar-refractivity contribution in [2.24, 2.45) is 0 Å². The van der Waals surface area contributed by atoms with Crippen LogP contribution in [0.5, 0.6) is 0 Å². The highest BCUT2D eigenvalue weighted by molar-refractivity contribution is 6.15. The van der Waals surface area contributed by atoms with Crippen molar-refractivity contribution in [1.82, 2.24) is 24.9 Å². The predicted molar refractivity (Wildman–Crippen MR) is 214 cm³/mol. The maximum atomic E-state index is 6.49. The molecule has 6 nitrogen and oxygen atoms in total. The van der Waals surface area contributed by atoms with Gasteiger partial charge in [-0.15, -0.1) is 0 Å². The quantitative estimate of drug-likeness (QED) is 0.173. The van der Waals surface area contributed by atoms with E-state index in [2.05, 4.69) is 114 Å². The van der Waals surface area contributed by atoms with Gasteiger partial charge in [-0.05, 0) is 69.1 Å². The topological polar surface area (TPSA) is 77.6 Å². The molecule has 246 valence electrons. The highest BCUT2D eigenvalue weighted by Gasteiger charge is 2.20. The van der Waals surface area contributed by atoms with Crippen molar-refractivity contribution in [2.75, 3.05) is 0 Å². The molecule has 4 heterocycles. The second-order valence-electron chi connectivity index (χ2n) is 13.3. The number of hydrogen-bond acceptors (Lipinski definition) is 6. The molecule has 0 aliphatic rings. The lowest BCUT2D eigenvalue weighted by atomic mass is 9.93. The fraction of sp³-hybridized carbons (Fsp3) is 0. The van der Waals surface area contributed by atoms with Gasteiger partial charge in [0, 0.05) is 45.1 Å². The van der Waals surface area contributed by atoms with Crippen LogP contribution in [-0.4, -0.2) is 24.9 Å². The lowest BCUT2D eigenvalue weighted by Crippen LogP contribution is -2.01. The molecule has 0 aliphatic carbocycles. The molecule has 0 unspecified atom stereocenters. The van der Waals surface area contributed by atoms with Crippen LogP contribution in [0, 0.1) is 0 Å². The van der Waals surface area contributed by atoms with Gasteiger partial charge in [-0.3, -0.25) is 9.97 Å². The van der Waals surface area contributed by atoms with Gasteiger partial charge >= 0.3 is 0 Å². The van der Waals surface area contributed by atoms with E-state index in [9.17, 15) is 0 Å². The van der Waals surface area contributed by atoms with Gasteiger partial charge < -0.3 is 4.42 Å². The average molecular weight is 678 g/mol. The molecule has 0 aliphatic heterocycles. The number of nitrogens with zero attached hydrogens (tertiary/aromatic N) is 5. The van der Waals surface area contributed by atoms with E-state index < -0.39 is 0 Å². The first-order valence-corrected chi connectivity index (χ1v) is 17.6. The maximum Gasteiger partial charge on any atom is 0.167 e. The summed E-state index contributed by atoms with van der Waals surface area (Å²) < 4.78 is 6.49. The molecule has 7 aromatic carbocycles. The van der Waals surface area contributed by atoms with Crippen molar-refractivity contribution in [3.8, 4) is 45.3 Å². The molecule has 0 saturated carbocycles. The number of fused-ring (bicyclic) bond motifs is 9. The molecule has 0 spiro atoms. The van der Waals surface area contributed by atoms with Gasteiger partial charge in [-0.25, -0.2) is 15.0 Å². The Hall–Kier alpha value is -7.31. The summed E-state index contributed by atoms with van der Waals surface area (Å²) in [5, 5.41) is 8.79. The van der Waals surface area contributed by atoms with Crippen LogP contribution < -0.4 is 0 Å². The van der Waals surface area contributed by atoms with Crippen molar-refractivity contribution in [3.05, 3.63) is 164 Å². The lowest BCUT2D eigenvalue weighted by Gasteiger charge is -2.13. The van der Waals surface area contributed by atoms with Crippen molar-refractivity contribution in [3.63, 3.8) is 0 Å². The number of benzene rings is 7. The molecular formula is C47H27N5O. The molecule has 6 heteroatoms. The summed E-state index contributed by atoms with van der Waals surface area (Å²) in [5.41, 5.74) is 7.96. The van der Waals surface area contributed by atoms with Crippen LogP contribution in [0.1, 0.15) is 0 Å². The van der Waals surface area contributed by atoms with Crippen LogP contribution in [0.3, 0.4) is 0 Å². The molecule has 0 bridgehead atoms. The molecule has 53 heavy (non-hydrogen) atoms. The summed E-state index contributed by atoms with van der Waals surface area (Å²) in [6.07, 6.45) is 3.60. The minimum Gasteiger partial charge on any atom is -0.455 e. The van der Waals surface area contributed by atoms with Gasteiger partial charge in [0.25, 0.3) is 0 Å². The van der Waals surface area contributed by atoms with Gasteiger partial charge in [-0.1, -0.05) is 115 Å². The van der Waals surface area contributed by atoms with Crippen molar-refractivity contribution in [2.45, 2.75) is 0 Å². The van der Waals surface area contributed by atoms with Crippen LogP contribution >= 0.6 is 0 Å². The van der Waals surface area contributed by atoms with Crippen LogP contribution in [0.4, 0.5) is 0 Å². The molecule has 0 N–H and O–H groups in total. The maximum absolute atomic E-state index is 6.49. The minimum absolute atomic E-state index is 0.527. The number of pyridine rings is 2. The fourth-order valence-corrected chi connectivity index (χ4v) is 7.76. The number of aromatic nitrogens is 5. The van der Waals surface area contributed by atoms with Crippen molar-refractivity contribution >= 4 is 65.3 Å². The van der Waals surface area contributed by atoms with E-state index in [1.807, 2.05) is 42.5 Å². The molecule has 11 rings (SSSR count). The molecule has 0 amide bonds. The first-order chi connectivity index (χ1) is 26.3. The Bertz CT molecular complexity index is 3260. The third kappa shape index (κ3) is 4.70. The Labute approximate surface area is 303 Å². The summed E-state index contributed by atoms with van der Waals surface area (Å²) in [7, 11) is 0. The summed E-state index contributed by atoms with van der Waals surface area (Å²) in [6.45, 7) is 0. The number of rotatable bonds is 4. The first kappa shape index (κ1) is 29.4. The Morgan fingerprint density at radius 3 is 1.96 bits per heavy atom. The van der Waals surface area contributed by atoms with Crippen LogP contribution in [-0.2, 0) is 0 Å². The van der Waals surface area contributed by atoms with E-state index in [0.717, 1.165) is 71.6 Å². The van der Waals surface area contributed by atoms with E-state index in [-0.39, 0.29) is 0 Å². The summed E-state index contributed by atoms with van der Waals surface area (Å²) in [5.74, 6) is 1.64. The monoisotopic (exact) mass is 677 g/mol. The average Bonchev–Trinajstić information content (AvgIpc) is 3.62. The van der Waals surface area contributed by atoms with E-state index in [0.29, 0.717) is 17.5 Å². The van der Waals surface area contributed by atoms with Crippen LogP contribution in [0.15, 0.2) is 168 Å². The first-order valence-electron chi connectivity index (χ1n) is 17.6. The summed E-state index contributed by atoms with van der Waals surface area (Å²) >= 11 is 0. The summed E-state index contributed by atoms with van der Waals surface area (Å²) in [4.78, 5) is 25.1. The normalized spacial score (nSPS) is 11.8. The Morgan fingerprint density at radius 1 is 0.377 bits per heavy atom. The van der Waals surface area contributed by atoms with Gasteiger partial charge in [0.15, 0.2) is 17.5 Å². The number of furan rings is 1. The Kier molecular flexibility index (Phi) is 6.45. The standard InChI is InChI=1S/C47H27N5O/c1-2-15-33-28(10-1)22-23-29-11-6-17-34(41(29)33)30-12-5-13-32(26-30)45-50-46(38-19-7-18-37-35-16-3-4-21-40(35)53-44(37)38)52-47(51-45)39-27-31-14-8-24-48-42(31)43-36(39)20-9-25-49-43/h1-27H. The molecule has 0 saturated heterocycles. The molecule has 0 atom stereocenters. The predicted octanol–water partition coefficient (Wildman–Crippen LogP) is 11.8. The van der Waals surface area contributed by atoms with Gasteiger partial charge in [-0.2, -0.15) is 0 Å². The van der Waals surface area contributed by atoms with E-state index in [4.69, 9.17) is 24.4 Å². The fourth-order valence-electron chi connectivity index (χ4n) is 7.76. The molecule has 0 fully saturated rings. The number of para-hydroxylation sites is 2. The zero-order chi connectivity index (χ0) is 34.9. The van der Waals surface area contributed by atoms with Crippen molar-refractivity contribution < 1.29 is 4.42 Å². The Morgan fingerprint density at radius 2 is 1.02 bits per heavy atom. The Balaban J connectivity index is 1.18. The second kappa shape index (κ2) is 11.6. The van der Waals surface area contributed by atoms with Crippen LogP contribution in [0.25, 0.3) is 111 Å². The van der Waals surface area contributed by atoms with E-state index >= 15 is 0 Å². The molecule has 4 aromatic heterocycles. The largest absolute Gasteiger partial charge is 0.455 e. The van der Waals surface area contributed by atoms with Crippen molar-refractivity contribution in [1.29, 1.82) is 0 Å². The zero-order valence-electron chi connectivity index (χ0n) is 28.2. The van der Waals surface area contributed by atoms with Gasteiger partial charge in [0.2, 0.25) is 0 Å². The summed E-state index contributed by atoms with van der Waals surface area (Å²) in [6, 6.07) is 52.3. The highest BCUT2D eigenvalue weighted by Crippen LogP contribution is 2.39. The molecular weight excluding hydrogens is 651 g/mol. The SMILES string of the molecule is c1cc(-c2nc(-c3cc4cccnc4c4ncccc34)nc(-c3cccc4c3oc3ccccc34)n2)cc(-c2cccc3ccc4ccccc4c23)c1. The minimum atomic E-state index is 0.527. The van der Waals surface area contributed by atoms with E-state index in [1.54, 1.807) is 12.4 Å². The highest BCUT2D eigenvalue weighted by atomic mass is 16.3. The smallest absolute Gasteiger partial charge is 0.167 e. The number of hydrogen-bond donors (Lipinski definition) is 0. The third-order valence-electron chi connectivity index (χ3n) is 10.2. The second-order valence-corrected chi connectivity index (χ2v) is 13.3. The van der Waals surface area contributed by atoms with E-state index in [1.165, 1.54) is 21.5 Å². The van der Waals surface area contributed by atoms with Crippen LogP contribution in [0.2, 0.25) is 0 Å².